The zero-order valence-electron chi connectivity index (χ0n) is 25.4. The van der Waals surface area contributed by atoms with Gasteiger partial charge in [0.25, 0.3) is 5.88 Å². The van der Waals surface area contributed by atoms with Crippen LogP contribution in [0.1, 0.15) is 0 Å². The lowest BCUT2D eigenvalue weighted by Gasteiger charge is -2.10. The zero-order valence-corrected chi connectivity index (χ0v) is 25.4. The average molecular weight is 628 g/mol. The van der Waals surface area contributed by atoms with Gasteiger partial charge in [0.1, 0.15) is 23.0 Å². The molecule has 0 unspecified atom stereocenters. The Morgan fingerprint density at radius 3 is 1.69 bits per heavy atom. The lowest BCUT2D eigenvalue weighted by atomic mass is 10.1. The molecule has 9 heteroatoms. The monoisotopic (exact) mass is 627 g/mol. The molecule has 0 fully saturated rings. The van der Waals surface area contributed by atoms with Crippen LogP contribution in [0.3, 0.4) is 0 Å². The molecule has 48 heavy (non-hydrogen) atoms. The van der Waals surface area contributed by atoms with Crippen molar-refractivity contribution in [3.8, 4) is 63.1 Å². The predicted molar refractivity (Wildman–Crippen MR) is 182 cm³/mol. The lowest BCUT2D eigenvalue weighted by Crippen LogP contribution is -2.01. The molecule has 230 valence electrons. The number of hydrogen-bond acceptors (Lipinski definition) is 8. The smallest absolute Gasteiger partial charge is 0.265 e. The molecule has 0 bridgehead atoms. The van der Waals surface area contributed by atoms with Crippen LogP contribution in [0, 0.1) is 0 Å². The SMILES string of the molecule is c1ccc(-c2cccc(Oc3ccc4c5ccc(Oc6cccc(-c7ccccn7)c6)cc5n(-c5ncc6c(n5)OCO6)c4c3)c2)nc1. The molecule has 8 aromatic rings. The van der Waals surface area contributed by atoms with Crippen LogP contribution >= 0.6 is 0 Å². The number of ether oxygens (including phenoxy) is 4. The third-order valence-corrected chi connectivity index (χ3v) is 8.09. The molecule has 0 saturated heterocycles. The highest BCUT2D eigenvalue weighted by Gasteiger charge is 2.21. The van der Waals surface area contributed by atoms with Crippen molar-refractivity contribution in [2.75, 3.05) is 6.79 Å². The van der Waals surface area contributed by atoms with Gasteiger partial charge < -0.3 is 18.9 Å². The molecule has 1 aliphatic heterocycles. The van der Waals surface area contributed by atoms with E-state index in [-0.39, 0.29) is 6.79 Å². The van der Waals surface area contributed by atoms with Crippen LogP contribution in [0.15, 0.2) is 140 Å². The van der Waals surface area contributed by atoms with Crippen molar-refractivity contribution in [3.05, 3.63) is 140 Å². The minimum atomic E-state index is 0.103. The van der Waals surface area contributed by atoms with Gasteiger partial charge in [-0.25, -0.2) is 4.98 Å². The van der Waals surface area contributed by atoms with Crippen LogP contribution in [-0.4, -0.2) is 31.3 Å². The molecule has 0 saturated carbocycles. The molecule has 1 aliphatic rings. The Bertz CT molecular complexity index is 2310. The first-order valence-corrected chi connectivity index (χ1v) is 15.4. The van der Waals surface area contributed by atoms with Gasteiger partial charge in [0.2, 0.25) is 18.5 Å². The number of nitrogens with zero attached hydrogens (tertiary/aromatic N) is 5. The van der Waals surface area contributed by atoms with Crippen molar-refractivity contribution < 1.29 is 18.9 Å². The summed E-state index contributed by atoms with van der Waals surface area (Å²) in [5, 5.41) is 2.01. The Hall–Kier alpha value is -6.74. The van der Waals surface area contributed by atoms with Gasteiger partial charge >= 0.3 is 0 Å². The van der Waals surface area contributed by atoms with Gasteiger partial charge in [-0.15, -0.1) is 0 Å². The third-order valence-electron chi connectivity index (χ3n) is 8.09. The largest absolute Gasteiger partial charge is 0.457 e. The zero-order chi connectivity index (χ0) is 31.9. The van der Waals surface area contributed by atoms with E-state index < -0.39 is 0 Å². The second-order valence-corrected chi connectivity index (χ2v) is 11.1. The lowest BCUT2D eigenvalue weighted by molar-refractivity contribution is 0.171. The van der Waals surface area contributed by atoms with Crippen molar-refractivity contribution in [1.29, 1.82) is 0 Å². The van der Waals surface area contributed by atoms with Crippen molar-refractivity contribution in [3.63, 3.8) is 0 Å². The molecule has 0 N–H and O–H groups in total. The van der Waals surface area contributed by atoms with Crippen LogP contribution < -0.4 is 18.9 Å². The van der Waals surface area contributed by atoms with E-state index >= 15 is 0 Å². The number of pyridine rings is 2. The summed E-state index contributed by atoms with van der Waals surface area (Å²) in [6.07, 6.45) is 5.20. The van der Waals surface area contributed by atoms with Crippen LogP contribution in [0.2, 0.25) is 0 Å². The molecular formula is C39H25N5O4. The summed E-state index contributed by atoms with van der Waals surface area (Å²) < 4.78 is 25.9. The van der Waals surface area contributed by atoms with E-state index in [1.165, 1.54) is 0 Å². The first-order chi connectivity index (χ1) is 23.7. The second-order valence-electron chi connectivity index (χ2n) is 11.1. The summed E-state index contributed by atoms with van der Waals surface area (Å²) in [5.41, 5.74) is 5.40. The number of aromatic nitrogens is 5. The van der Waals surface area contributed by atoms with Crippen LogP contribution in [0.5, 0.6) is 34.6 Å². The number of fused-ring (bicyclic) bond motifs is 4. The molecule has 5 heterocycles. The molecule has 4 aromatic heterocycles. The highest BCUT2D eigenvalue weighted by molar-refractivity contribution is 6.09. The molecular weight excluding hydrogens is 602 g/mol. The minimum Gasteiger partial charge on any atom is -0.457 e. The number of hydrogen-bond donors (Lipinski definition) is 0. The van der Waals surface area contributed by atoms with E-state index in [1.807, 2.05) is 114 Å². The van der Waals surface area contributed by atoms with Crippen molar-refractivity contribution >= 4 is 21.8 Å². The highest BCUT2D eigenvalue weighted by Crippen LogP contribution is 2.39. The van der Waals surface area contributed by atoms with E-state index in [0.717, 1.165) is 44.3 Å². The van der Waals surface area contributed by atoms with Crippen LogP contribution in [0.4, 0.5) is 0 Å². The maximum Gasteiger partial charge on any atom is 0.265 e. The minimum absolute atomic E-state index is 0.103. The number of rotatable bonds is 7. The van der Waals surface area contributed by atoms with Crippen molar-refractivity contribution in [1.82, 2.24) is 24.5 Å². The predicted octanol–water partition coefficient (Wildman–Crippen LogP) is 9.01. The summed E-state index contributed by atoms with van der Waals surface area (Å²) in [6.45, 7) is 0.103. The normalized spacial score (nSPS) is 12.0. The standard InChI is InChI=1S/C39H25N5O4/c1-3-17-40-33(11-1)25-7-5-9-27(19-25)47-29-13-15-31-32-16-14-30(48-28-10-6-8-26(20-28)34-12-2-4-18-41-34)22-36(32)44(35(31)21-29)39-42-23-37-38(43-39)46-24-45-37/h1-23H,24H2. The Morgan fingerprint density at radius 2 is 1.12 bits per heavy atom. The summed E-state index contributed by atoms with van der Waals surface area (Å²) in [4.78, 5) is 18.3. The van der Waals surface area contributed by atoms with Gasteiger partial charge in [-0.3, -0.25) is 14.5 Å². The first kappa shape index (κ1) is 27.6. The fourth-order valence-electron chi connectivity index (χ4n) is 5.90. The molecule has 0 aliphatic carbocycles. The van der Waals surface area contributed by atoms with E-state index in [9.17, 15) is 0 Å². The summed E-state index contributed by atoms with van der Waals surface area (Å²) >= 11 is 0. The van der Waals surface area contributed by atoms with Crippen LogP contribution in [0.25, 0.3) is 50.3 Å². The van der Waals surface area contributed by atoms with Gasteiger partial charge in [-0.05, 0) is 72.8 Å². The van der Waals surface area contributed by atoms with Crippen molar-refractivity contribution in [2.24, 2.45) is 0 Å². The Balaban J connectivity index is 1.13. The quantitative estimate of drug-likeness (QED) is 0.173. The van der Waals surface area contributed by atoms with E-state index in [1.54, 1.807) is 18.6 Å². The molecule has 0 spiro atoms. The van der Waals surface area contributed by atoms with Gasteiger partial charge in [0.15, 0.2) is 0 Å². The Morgan fingerprint density at radius 1 is 0.542 bits per heavy atom. The second kappa shape index (κ2) is 11.6. The molecule has 4 aromatic carbocycles. The Labute approximate surface area is 274 Å². The topological polar surface area (TPSA) is 93.4 Å². The van der Waals surface area contributed by atoms with E-state index in [4.69, 9.17) is 23.9 Å². The fourth-order valence-corrected chi connectivity index (χ4v) is 5.90. The maximum atomic E-state index is 6.40. The van der Waals surface area contributed by atoms with Gasteiger partial charge in [0.05, 0.1) is 28.6 Å². The summed E-state index contributed by atoms with van der Waals surface area (Å²) in [6, 6.07) is 39.5. The Kier molecular flexibility index (Phi) is 6.64. The molecule has 0 amide bonds. The third kappa shape index (κ3) is 5.09. The van der Waals surface area contributed by atoms with Gasteiger partial charge in [-0.2, -0.15) is 4.98 Å². The molecule has 9 nitrogen and oxygen atoms in total. The summed E-state index contributed by atoms with van der Waals surface area (Å²) in [5.74, 6) is 4.05. The number of benzene rings is 4. The first-order valence-electron chi connectivity index (χ1n) is 15.4. The van der Waals surface area contributed by atoms with Gasteiger partial charge in [-0.1, -0.05) is 36.4 Å². The molecule has 0 atom stereocenters. The van der Waals surface area contributed by atoms with E-state index in [2.05, 4.69) is 27.1 Å². The molecule has 0 radical (unpaired) electrons. The highest BCUT2D eigenvalue weighted by atomic mass is 16.7. The fraction of sp³-hybridized carbons (Fsp3) is 0.0256. The van der Waals surface area contributed by atoms with E-state index in [0.29, 0.717) is 40.6 Å². The van der Waals surface area contributed by atoms with Crippen LogP contribution in [-0.2, 0) is 0 Å². The van der Waals surface area contributed by atoms with Crippen molar-refractivity contribution in [2.45, 2.75) is 0 Å². The van der Waals surface area contributed by atoms with Gasteiger partial charge in [0, 0.05) is 46.4 Å². The molecule has 9 rings (SSSR count). The average Bonchev–Trinajstić information content (AvgIpc) is 3.74. The maximum absolute atomic E-state index is 6.40. The summed E-state index contributed by atoms with van der Waals surface area (Å²) in [7, 11) is 0.